The molecule has 23 heavy (non-hydrogen) atoms. The minimum absolute atomic E-state index is 0.0859. The highest BCUT2D eigenvalue weighted by Gasteiger charge is 2.22. The Kier molecular flexibility index (Phi) is 5.28. The van der Waals surface area contributed by atoms with E-state index in [9.17, 15) is 9.59 Å². The highest BCUT2D eigenvalue weighted by molar-refractivity contribution is 6.42. The van der Waals surface area contributed by atoms with Crippen molar-refractivity contribution in [3.63, 3.8) is 0 Å². The van der Waals surface area contributed by atoms with E-state index in [0.717, 1.165) is 0 Å². The van der Waals surface area contributed by atoms with Crippen LogP contribution in [0.2, 0.25) is 10.0 Å². The molecule has 0 unspecified atom stereocenters. The number of nitrogens with zero attached hydrogens (tertiary/aromatic N) is 2. The molecule has 0 atom stereocenters. The van der Waals surface area contributed by atoms with E-state index in [1.165, 1.54) is 11.9 Å². The lowest BCUT2D eigenvalue weighted by molar-refractivity contribution is -0.137. The van der Waals surface area contributed by atoms with Gasteiger partial charge in [-0.15, -0.1) is 0 Å². The minimum atomic E-state index is -0.974. The summed E-state index contributed by atoms with van der Waals surface area (Å²) < 4.78 is 5.52. The summed E-state index contributed by atoms with van der Waals surface area (Å²) in [5, 5.41) is 9.43. The van der Waals surface area contributed by atoms with Gasteiger partial charge in [-0.2, -0.15) is 0 Å². The standard InChI is InChI=1S/C15H14Cl2N2O4/c1-8-13(15(22)19(2)6-5-12(20)21)18-14(23-8)9-3-4-10(16)11(17)7-9/h3-4,7H,5-6H2,1-2H3,(H,20,21). The highest BCUT2D eigenvalue weighted by Crippen LogP contribution is 2.29. The topological polar surface area (TPSA) is 83.6 Å². The van der Waals surface area contributed by atoms with E-state index in [-0.39, 0.29) is 24.6 Å². The van der Waals surface area contributed by atoms with E-state index in [4.69, 9.17) is 32.7 Å². The van der Waals surface area contributed by atoms with Gasteiger partial charge < -0.3 is 14.4 Å². The van der Waals surface area contributed by atoms with E-state index in [0.29, 0.717) is 21.4 Å². The van der Waals surface area contributed by atoms with E-state index in [1.54, 1.807) is 25.1 Å². The number of carbonyl (C=O) groups excluding carboxylic acids is 1. The Hall–Kier alpha value is -2.05. The number of hydrogen-bond donors (Lipinski definition) is 1. The zero-order chi connectivity index (χ0) is 17.1. The average Bonchev–Trinajstić information content (AvgIpc) is 2.88. The molecule has 0 bridgehead atoms. The van der Waals surface area contributed by atoms with Crippen LogP contribution in [0, 0.1) is 6.92 Å². The SMILES string of the molecule is Cc1oc(-c2ccc(Cl)c(Cl)c2)nc1C(=O)N(C)CCC(=O)O. The van der Waals surface area contributed by atoms with E-state index in [1.807, 2.05) is 0 Å². The Morgan fingerprint density at radius 1 is 1.30 bits per heavy atom. The number of carboxylic acids is 1. The third-order valence-corrected chi connectivity index (χ3v) is 3.91. The Morgan fingerprint density at radius 3 is 2.61 bits per heavy atom. The maximum absolute atomic E-state index is 12.3. The van der Waals surface area contributed by atoms with Crippen LogP contribution in [-0.2, 0) is 4.79 Å². The van der Waals surface area contributed by atoms with E-state index in [2.05, 4.69) is 4.98 Å². The predicted molar refractivity (Wildman–Crippen MR) is 85.9 cm³/mol. The van der Waals surface area contributed by atoms with Crippen LogP contribution in [0.4, 0.5) is 0 Å². The van der Waals surface area contributed by atoms with Gasteiger partial charge in [0.05, 0.1) is 16.5 Å². The molecule has 1 heterocycles. The molecule has 122 valence electrons. The molecule has 1 aromatic heterocycles. The van der Waals surface area contributed by atoms with Gasteiger partial charge in [0, 0.05) is 19.2 Å². The van der Waals surface area contributed by atoms with Gasteiger partial charge in [-0.3, -0.25) is 9.59 Å². The van der Waals surface area contributed by atoms with Crippen molar-refractivity contribution in [2.24, 2.45) is 0 Å². The van der Waals surface area contributed by atoms with Crippen molar-refractivity contribution in [2.75, 3.05) is 13.6 Å². The van der Waals surface area contributed by atoms with Crippen molar-refractivity contribution in [3.05, 3.63) is 39.7 Å². The van der Waals surface area contributed by atoms with Gasteiger partial charge in [-0.1, -0.05) is 23.2 Å². The third kappa shape index (κ3) is 4.03. The number of carboxylic acid groups (broad SMARTS) is 1. The number of halogens is 2. The number of aromatic nitrogens is 1. The molecule has 0 aliphatic rings. The number of carbonyl (C=O) groups is 2. The highest BCUT2D eigenvalue weighted by atomic mass is 35.5. The maximum Gasteiger partial charge on any atom is 0.305 e. The lowest BCUT2D eigenvalue weighted by Gasteiger charge is -2.14. The van der Waals surface area contributed by atoms with Crippen molar-refractivity contribution in [2.45, 2.75) is 13.3 Å². The van der Waals surface area contributed by atoms with Crippen LogP contribution in [0.15, 0.2) is 22.6 Å². The van der Waals surface area contributed by atoms with Crippen LogP contribution < -0.4 is 0 Å². The quantitative estimate of drug-likeness (QED) is 0.885. The van der Waals surface area contributed by atoms with Crippen LogP contribution >= 0.6 is 23.2 Å². The third-order valence-electron chi connectivity index (χ3n) is 3.17. The van der Waals surface area contributed by atoms with Crippen LogP contribution in [0.5, 0.6) is 0 Å². The maximum atomic E-state index is 12.3. The summed E-state index contributed by atoms with van der Waals surface area (Å²) in [6.45, 7) is 1.70. The van der Waals surface area contributed by atoms with Crippen LogP contribution in [-0.4, -0.2) is 40.5 Å². The predicted octanol–water partition coefficient (Wildman–Crippen LogP) is 3.50. The molecule has 1 amide bonds. The van der Waals surface area contributed by atoms with Gasteiger partial charge in [-0.05, 0) is 25.1 Å². The molecule has 6 nitrogen and oxygen atoms in total. The Balaban J connectivity index is 2.25. The first-order valence-electron chi connectivity index (χ1n) is 6.69. The number of aliphatic carboxylic acids is 1. The zero-order valence-corrected chi connectivity index (χ0v) is 14.0. The Bertz CT molecular complexity index is 758. The molecule has 0 aliphatic heterocycles. The molecule has 0 saturated carbocycles. The largest absolute Gasteiger partial charge is 0.481 e. The Labute approximate surface area is 142 Å². The van der Waals surface area contributed by atoms with Crippen molar-refractivity contribution >= 4 is 35.1 Å². The Morgan fingerprint density at radius 2 is 2.00 bits per heavy atom. The summed E-state index contributed by atoms with van der Waals surface area (Å²) in [5.74, 6) is -0.786. The summed E-state index contributed by atoms with van der Waals surface area (Å²) >= 11 is 11.8. The van der Waals surface area contributed by atoms with Crippen LogP contribution in [0.1, 0.15) is 22.7 Å². The molecular weight excluding hydrogens is 343 g/mol. The van der Waals surface area contributed by atoms with Gasteiger partial charge in [-0.25, -0.2) is 4.98 Å². The van der Waals surface area contributed by atoms with Crippen LogP contribution in [0.3, 0.4) is 0 Å². The summed E-state index contributed by atoms with van der Waals surface area (Å²) in [7, 11) is 1.51. The number of rotatable bonds is 5. The number of amides is 1. The number of benzene rings is 1. The van der Waals surface area contributed by atoms with Gasteiger partial charge >= 0.3 is 5.97 Å². The molecular formula is C15H14Cl2N2O4. The molecule has 1 N–H and O–H groups in total. The fraction of sp³-hybridized carbons (Fsp3) is 0.267. The fourth-order valence-corrected chi connectivity index (χ4v) is 2.19. The van der Waals surface area contributed by atoms with Crippen molar-refractivity contribution in [3.8, 4) is 11.5 Å². The number of aryl methyl sites for hydroxylation is 1. The fourth-order valence-electron chi connectivity index (χ4n) is 1.89. The molecule has 0 saturated heterocycles. The first-order chi connectivity index (χ1) is 10.8. The monoisotopic (exact) mass is 356 g/mol. The van der Waals surface area contributed by atoms with Gasteiger partial charge in [0.15, 0.2) is 5.69 Å². The molecule has 0 spiro atoms. The first kappa shape index (κ1) is 17.3. The first-order valence-corrected chi connectivity index (χ1v) is 7.45. The average molecular weight is 357 g/mol. The second-order valence-electron chi connectivity index (χ2n) is 4.92. The second kappa shape index (κ2) is 7.02. The normalized spacial score (nSPS) is 10.6. The molecule has 8 heteroatoms. The molecule has 0 aliphatic carbocycles. The summed E-state index contributed by atoms with van der Waals surface area (Å²) in [6.07, 6.45) is -0.140. The van der Waals surface area contributed by atoms with E-state index >= 15 is 0 Å². The molecule has 1 aromatic carbocycles. The van der Waals surface area contributed by atoms with E-state index < -0.39 is 11.9 Å². The van der Waals surface area contributed by atoms with Crippen molar-refractivity contribution < 1.29 is 19.1 Å². The minimum Gasteiger partial charge on any atom is -0.481 e. The lowest BCUT2D eigenvalue weighted by Crippen LogP contribution is -2.29. The van der Waals surface area contributed by atoms with Crippen LogP contribution in [0.25, 0.3) is 11.5 Å². The lowest BCUT2D eigenvalue weighted by atomic mass is 10.2. The molecule has 2 rings (SSSR count). The molecule has 0 fully saturated rings. The summed E-state index contributed by atoms with van der Waals surface area (Å²) in [6, 6.07) is 4.89. The second-order valence-corrected chi connectivity index (χ2v) is 5.74. The molecule has 0 radical (unpaired) electrons. The van der Waals surface area contributed by atoms with Gasteiger partial charge in [0.1, 0.15) is 5.76 Å². The summed E-state index contributed by atoms with van der Waals surface area (Å²) in [5.41, 5.74) is 0.730. The van der Waals surface area contributed by atoms with Crippen molar-refractivity contribution in [1.82, 2.24) is 9.88 Å². The van der Waals surface area contributed by atoms with Gasteiger partial charge in [0.2, 0.25) is 5.89 Å². The number of oxazole rings is 1. The summed E-state index contributed by atoms with van der Waals surface area (Å²) in [4.78, 5) is 28.4. The molecule has 2 aromatic rings. The van der Waals surface area contributed by atoms with Gasteiger partial charge in [0.25, 0.3) is 5.91 Å². The number of hydrogen-bond acceptors (Lipinski definition) is 4. The smallest absolute Gasteiger partial charge is 0.305 e. The van der Waals surface area contributed by atoms with Crippen molar-refractivity contribution in [1.29, 1.82) is 0 Å². The zero-order valence-electron chi connectivity index (χ0n) is 12.5.